The number of hydrogen-bond donors (Lipinski definition) is 2. The van der Waals surface area contributed by atoms with E-state index in [-0.39, 0.29) is 0 Å². The minimum Gasteiger partial charge on any atom is -0.370 e. The summed E-state index contributed by atoms with van der Waals surface area (Å²) in [5.41, 5.74) is -0.635. The number of rotatable bonds is 6. The molecule has 1 aromatic heterocycles. The van der Waals surface area contributed by atoms with Crippen molar-refractivity contribution in [3.63, 3.8) is 0 Å². The lowest BCUT2D eigenvalue weighted by Gasteiger charge is -2.18. The maximum Gasteiger partial charge on any atom is 0.132 e. The summed E-state index contributed by atoms with van der Waals surface area (Å²) in [5, 5.41) is 15.3. The summed E-state index contributed by atoms with van der Waals surface area (Å²) < 4.78 is 0. The van der Waals surface area contributed by atoms with Crippen molar-refractivity contribution in [3.8, 4) is 6.07 Å². The van der Waals surface area contributed by atoms with Gasteiger partial charge in [-0.3, -0.25) is 0 Å². The van der Waals surface area contributed by atoms with Crippen LogP contribution in [-0.4, -0.2) is 22.1 Å². The molecule has 1 heterocycles. The molecule has 0 fully saturated rings. The molecule has 0 amide bonds. The topological polar surface area (TPSA) is 73.6 Å². The van der Waals surface area contributed by atoms with E-state index in [2.05, 4.69) is 40.5 Å². The van der Waals surface area contributed by atoms with Crippen LogP contribution in [0.1, 0.15) is 34.1 Å². The molecule has 5 heteroatoms. The van der Waals surface area contributed by atoms with Gasteiger partial charge in [0.15, 0.2) is 0 Å². The van der Waals surface area contributed by atoms with E-state index in [0.29, 0.717) is 11.7 Å². The Morgan fingerprint density at radius 1 is 1.33 bits per heavy atom. The molecule has 0 atom stereocenters. The number of aromatic nitrogens is 2. The van der Waals surface area contributed by atoms with Crippen molar-refractivity contribution >= 4 is 11.6 Å². The van der Waals surface area contributed by atoms with Crippen LogP contribution in [0.2, 0.25) is 0 Å². The summed E-state index contributed by atoms with van der Waals surface area (Å²) >= 11 is 0. The summed E-state index contributed by atoms with van der Waals surface area (Å²) in [5.74, 6) is 2.10. The average Bonchev–Trinajstić information content (AvgIpc) is 2.28. The van der Waals surface area contributed by atoms with Crippen molar-refractivity contribution < 1.29 is 0 Å². The second-order valence-corrected chi connectivity index (χ2v) is 5.26. The molecular formula is C13H21N5. The largest absolute Gasteiger partial charge is 0.370 e. The van der Waals surface area contributed by atoms with Gasteiger partial charge in [0.25, 0.3) is 0 Å². The highest BCUT2D eigenvalue weighted by Crippen LogP contribution is 2.14. The zero-order chi connectivity index (χ0) is 13.6. The average molecular weight is 247 g/mol. The van der Waals surface area contributed by atoms with Crippen molar-refractivity contribution in [1.82, 2.24) is 9.97 Å². The second kappa shape index (κ2) is 6.20. The predicted molar refractivity (Wildman–Crippen MR) is 73.3 cm³/mol. The molecule has 1 aromatic rings. The van der Waals surface area contributed by atoms with Crippen LogP contribution in [0.5, 0.6) is 0 Å². The van der Waals surface area contributed by atoms with E-state index in [1.807, 2.05) is 6.07 Å². The van der Waals surface area contributed by atoms with Gasteiger partial charge in [-0.25, -0.2) is 9.97 Å². The lowest BCUT2D eigenvalue weighted by atomic mass is 10.1. The number of anilines is 2. The maximum atomic E-state index is 8.96. The van der Waals surface area contributed by atoms with E-state index in [0.717, 1.165) is 18.8 Å². The number of nitrogens with zero attached hydrogens (tertiary/aromatic N) is 3. The Labute approximate surface area is 109 Å². The first-order valence-electron chi connectivity index (χ1n) is 6.18. The maximum absolute atomic E-state index is 8.96. The highest BCUT2D eigenvalue weighted by molar-refractivity contribution is 5.48. The number of hydrogen-bond acceptors (Lipinski definition) is 5. The molecule has 0 aliphatic carbocycles. The Kier molecular flexibility index (Phi) is 4.90. The standard InChI is InChI=1S/C13H21N5/c1-10(2)5-6-15-11-7-12(17-9-16-11)18-13(3,4)8-14/h7,9-10H,5-6H2,1-4H3,(H2,15,16,17,18). The Bertz CT molecular complexity index is 420. The zero-order valence-corrected chi connectivity index (χ0v) is 11.5. The van der Waals surface area contributed by atoms with E-state index in [1.165, 1.54) is 6.33 Å². The minimum absolute atomic E-state index is 0.635. The van der Waals surface area contributed by atoms with E-state index in [1.54, 1.807) is 13.8 Å². The molecule has 5 nitrogen and oxygen atoms in total. The molecule has 0 bridgehead atoms. The van der Waals surface area contributed by atoms with Gasteiger partial charge < -0.3 is 10.6 Å². The first-order valence-corrected chi connectivity index (χ1v) is 6.18. The molecule has 0 unspecified atom stereocenters. The summed E-state index contributed by atoms with van der Waals surface area (Å²) in [4.78, 5) is 8.25. The molecule has 2 N–H and O–H groups in total. The Morgan fingerprint density at radius 3 is 2.61 bits per heavy atom. The first-order chi connectivity index (χ1) is 8.43. The molecule has 0 saturated heterocycles. The van der Waals surface area contributed by atoms with Crippen molar-refractivity contribution in [2.75, 3.05) is 17.2 Å². The van der Waals surface area contributed by atoms with Crippen LogP contribution in [-0.2, 0) is 0 Å². The fraction of sp³-hybridized carbons (Fsp3) is 0.615. The van der Waals surface area contributed by atoms with Gasteiger partial charge in [-0.1, -0.05) is 13.8 Å². The fourth-order valence-electron chi connectivity index (χ4n) is 1.36. The van der Waals surface area contributed by atoms with Gasteiger partial charge in [0, 0.05) is 12.6 Å². The van der Waals surface area contributed by atoms with Crippen molar-refractivity contribution in [1.29, 1.82) is 5.26 Å². The molecule has 0 aliphatic rings. The summed E-state index contributed by atoms with van der Waals surface area (Å²) in [7, 11) is 0. The number of nitriles is 1. The predicted octanol–water partition coefficient (Wildman–Crippen LogP) is 2.65. The van der Waals surface area contributed by atoms with Crippen LogP contribution >= 0.6 is 0 Å². The Balaban J connectivity index is 2.60. The van der Waals surface area contributed by atoms with E-state index >= 15 is 0 Å². The normalized spacial score (nSPS) is 11.1. The summed E-state index contributed by atoms with van der Waals surface area (Å²) in [6.45, 7) is 8.87. The quantitative estimate of drug-likeness (QED) is 0.808. The van der Waals surface area contributed by atoms with Crippen molar-refractivity contribution in [2.24, 2.45) is 5.92 Å². The van der Waals surface area contributed by atoms with E-state index in [9.17, 15) is 0 Å². The van der Waals surface area contributed by atoms with E-state index in [4.69, 9.17) is 5.26 Å². The third kappa shape index (κ3) is 5.00. The highest BCUT2D eigenvalue weighted by Gasteiger charge is 2.16. The molecule has 0 aromatic carbocycles. The van der Waals surface area contributed by atoms with Gasteiger partial charge in [-0.2, -0.15) is 5.26 Å². The molecule has 0 spiro atoms. The third-order valence-corrected chi connectivity index (χ3v) is 2.41. The van der Waals surface area contributed by atoms with E-state index < -0.39 is 5.54 Å². The van der Waals surface area contributed by atoms with Crippen molar-refractivity contribution in [2.45, 2.75) is 39.7 Å². The van der Waals surface area contributed by atoms with Crippen LogP contribution in [0.15, 0.2) is 12.4 Å². The molecule has 0 radical (unpaired) electrons. The van der Waals surface area contributed by atoms with Crippen LogP contribution in [0, 0.1) is 17.2 Å². The summed E-state index contributed by atoms with van der Waals surface area (Å²) in [6, 6.07) is 3.99. The number of nitrogens with one attached hydrogen (secondary N) is 2. The van der Waals surface area contributed by atoms with Gasteiger partial charge in [0.05, 0.1) is 6.07 Å². The zero-order valence-electron chi connectivity index (χ0n) is 11.5. The molecular weight excluding hydrogens is 226 g/mol. The van der Waals surface area contributed by atoms with Crippen LogP contribution in [0.3, 0.4) is 0 Å². The molecule has 98 valence electrons. The fourth-order valence-corrected chi connectivity index (χ4v) is 1.36. The van der Waals surface area contributed by atoms with Crippen molar-refractivity contribution in [3.05, 3.63) is 12.4 Å². The first kappa shape index (κ1) is 14.2. The molecule has 18 heavy (non-hydrogen) atoms. The lowest BCUT2D eigenvalue weighted by molar-refractivity contribution is 0.606. The summed E-state index contributed by atoms with van der Waals surface area (Å²) in [6.07, 6.45) is 2.59. The van der Waals surface area contributed by atoms with Gasteiger partial charge in [-0.15, -0.1) is 0 Å². The molecule has 0 saturated carbocycles. The monoisotopic (exact) mass is 247 g/mol. The van der Waals surface area contributed by atoms with Gasteiger partial charge >= 0.3 is 0 Å². The molecule has 1 rings (SSSR count). The van der Waals surface area contributed by atoms with Crippen LogP contribution in [0.25, 0.3) is 0 Å². The minimum atomic E-state index is -0.635. The highest BCUT2D eigenvalue weighted by atomic mass is 15.1. The van der Waals surface area contributed by atoms with Gasteiger partial charge in [0.2, 0.25) is 0 Å². The lowest BCUT2D eigenvalue weighted by Crippen LogP contribution is -2.29. The Hall–Kier alpha value is -1.83. The van der Waals surface area contributed by atoms with Gasteiger partial charge in [0.1, 0.15) is 23.5 Å². The smallest absolute Gasteiger partial charge is 0.132 e. The second-order valence-electron chi connectivity index (χ2n) is 5.26. The molecule has 0 aliphatic heterocycles. The van der Waals surface area contributed by atoms with Gasteiger partial charge in [-0.05, 0) is 26.2 Å². The van der Waals surface area contributed by atoms with Crippen LogP contribution < -0.4 is 10.6 Å². The third-order valence-electron chi connectivity index (χ3n) is 2.41. The van der Waals surface area contributed by atoms with Crippen LogP contribution in [0.4, 0.5) is 11.6 Å². The SMILES string of the molecule is CC(C)CCNc1cc(NC(C)(C)C#N)ncn1. The Morgan fingerprint density at radius 2 is 2.00 bits per heavy atom.